The topological polar surface area (TPSA) is 38.3 Å². The van der Waals surface area contributed by atoms with Crippen LogP contribution in [0.3, 0.4) is 0 Å². The average Bonchev–Trinajstić information content (AvgIpc) is 2.56. The van der Waals surface area contributed by atoms with Crippen LogP contribution in [0.1, 0.15) is 39.5 Å². The number of benzene rings is 2. The van der Waals surface area contributed by atoms with E-state index in [2.05, 4.69) is 18.3 Å². The molecule has 0 aliphatic carbocycles. The van der Waals surface area contributed by atoms with Crippen molar-refractivity contribution in [1.82, 2.24) is 5.32 Å². The summed E-state index contributed by atoms with van der Waals surface area (Å²) in [7, 11) is 0. The highest BCUT2D eigenvalue weighted by Gasteiger charge is 2.17. The first-order valence-corrected chi connectivity index (χ1v) is 8.17. The zero-order valence-electron chi connectivity index (χ0n) is 13.5. The van der Waals surface area contributed by atoms with Gasteiger partial charge in [-0.2, -0.15) is 0 Å². The number of carbonyl (C=O) groups excluding carboxylic acids is 1. The number of carbonyl (C=O) groups is 1. The maximum absolute atomic E-state index is 12.2. The van der Waals surface area contributed by atoms with Gasteiger partial charge in [-0.1, -0.05) is 57.0 Å². The second kappa shape index (κ2) is 8.42. The van der Waals surface area contributed by atoms with Crippen LogP contribution < -0.4 is 10.1 Å². The Hall–Kier alpha value is -2.03. The molecule has 0 saturated carbocycles. The lowest BCUT2D eigenvalue weighted by atomic mass is 10.1. The van der Waals surface area contributed by atoms with Crippen molar-refractivity contribution >= 4 is 16.7 Å². The summed E-state index contributed by atoms with van der Waals surface area (Å²) in [6, 6.07) is 14.1. The largest absolute Gasteiger partial charge is 0.481 e. The number of ether oxygens (including phenoxy) is 1. The Labute approximate surface area is 132 Å². The van der Waals surface area contributed by atoms with Gasteiger partial charge in [-0.3, -0.25) is 4.79 Å². The summed E-state index contributed by atoms with van der Waals surface area (Å²) in [5, 5.41) is 5.26. The molecule has 3 nitrogen and oxygen atoms in total. The van der Waals surface area contributed by atoms with E-state index in [9.17, 15) is 4.79 Å². The zero-order valence-corrected chi connectivity index (χ0v) is 13.5. The quantitative estimate of drug-likeness (QED) is 0.738. The molecule has 0 fully saturated rings. The Kier molecular flexibility index (Phi) is 6.26. The van der Waals surface area contributed by atoms with Gasteiger partial charge in [-0.15, -0.1) is 0 Å². The predicted molar refractivity (Wildman–Crippen MR) is 91.2 cm³/mol. The number of fused-ring (bicyclic) bond motifs is 1. The van der Waals surface area contributed by atoms with Gasteiger partial charge in [0.1, 0.15) is 5.75 Å². The molecule has 2 aromatic rings. The fourth-order valence-electron chi connectivity index (χ4n) is 2.43. The lowest BCUT2D eigenvalue weighted by Gasteiger charge is -2.17. The Morgan fingerprint density at radius 1 is 1.09 bits per heavy atom. The van der Waals surface area contributed by atoms with E-state index < -0.39 is 6.10 Å². The van der Waals surface area contributed by atoms with Crippen LogP contribution in [0.2, 0.25) is 0 Å². The average molecular weight is 299 g/mol. The van der Waals surface area contributed by atoms with Crippen LogP contribution in [-0.2, 0) is 4.79 Å². The van der Waals surface area contributed by atoms with E-state index in [1.54, 1.807) is 0 Å². The molecule has 118 valence electrons. The van der Waals surface area contributed by atoms with Crippen LogP contribution in [0.25, 0.3) is 10.8 Å². The number of amides is 1. The normalized spacial score (nSPS) is 12.1. The molecule has 1 N–H and O–H groups in total. The minimum Gasteiger partial charge on any atom is -0.481 e. The molecular formula is C19H25NO2. The number of hydrogen-bond donors (Lipinski definition) is 1. The lowest BCUT2D eigenvalue weighted by molar-refractivity contribution is -0.128. The predicted octanol–water partition coefficient (Wildman–Crippen LogP) is 4.30. The minimum absolute atomic E-state index is 0.0215. The second-order valence-electron chi connectivity index (χ2n) is 5.52. The summed E-state index contributed by atoms with van der Waals surface area (Å²) in [6.07, 6.45) is 3.55. The third-order valence-electron chi connectivity index (χ3n) is 3.74. The number of unbranched alkanes of at least 4 members (excludes halogenated alkanes) is 2. The summed E-state index contributed by atoms with van der Waals surface area (Å²) >= 11 is 0. The molecule has 3 heteroatoms. The van der Waals surface area contributed by atoms with Crippen molar-refractivity contribution in [3.8, 4) is 5.75 Å². The minimum atomic E-state index is -0.428. The highest BCUT2D eigenvalue weighted by atomic mass is 16.5. The zero-order chi connectivity index (χ0) is 15.8. The smallest absolute Gasteiger partial charge is 0.261 e. The first-order chi connectivity index (χ1) is 10.7. The summed E-state index contributed by atoms with van der Waals surface area (Å²) in [4.78, 5) is 12.2. The molecule has 0 aliphatic heterocycles. The van der Waals surface area contributed by atoms with Crippen molar-refractivity contribution in [3.63, 3.8) is 0 Å². The molecular weight excluding hydrogens is 274 g/mol. The van der Waals surface area contributed by atoms with Crippen molar-refractivity contribution in [2.45, 2.75) is 45.6 Å². The molecule has 0 heterocycles. The molecule has 0 bridgehead atoms. The summed E-state index contributed by atoms with van der Waals surface area (Å²) in [6.45, 7) is 4.85. The first-order valence-electron chi connectivity index (χ1n) is 8.17. The molecule has 2 aromatic carbocycles. The first kappa shape index (κ1) is 16.3. The van der Waals surface area contributed by atoms with Gasteiger partial charge in [-0.25, -0.2) is 0 Å². The molecule has 0 radical (unpaired) electrons. The monoisotopic (exact) mass is 299 g/mol. The molecule has 0 saturated heterocycles. The molecule has 22 heavy (non-hydrogen) atoms. The van der Waals surface area contributed by atoms with Crippen LogP contribution >= 0.6 is 0 Å². The van der Waals surface area contributed by atoms with Crippen molar-refractivity contribution in [2.75, 3.05) is 6.54 Å². The Balaban J connectivity index is 1.97. The van der Waals surface area contributed by atoms with Crippen molar-refractivity contribution in [3.05, 3.63) is 42.5 Å². The van der Waals surface area contributed by atoms with Gasteiger partial charge in [0, 0.05) is 6.54 Å². The Morgan fingerprint density at radius 3 is 2.59 bits per heavy atom. The highest BCUT2D eigenvalue weighted by molar-refractivity contribution is 5.84. The number of rotatable bonds is 8. The third kappa shape index (κ3) is 4.48. The van der Waals surface area contributed by atoms with Crippen molar-refractivity contribution in [1.29, 1.82) is 0 Å². The molecule has 0 spiro atoms. The SMILES string of the molecule is CCCCCNC(=O)[C@H](CC)Oc1ccc2ccccc2c1. The van der Waals surface area contributed by atoms with Gasteiger partial charge < -0.3 is 10.1 Å². The van der Waals surface area contributed by atoms with Crippen LogP contribution in [0.4, 0.5) is 0 Å². The van der Waals surface area contributed by atoms with Gasteiger partial charge >= 0.3 is 0 Å². The van der Waals surface area contributed by atoms with Crippen LogP contribution in [0, 0.1) is 0 Å². The van der Waals surface area contributed by atoms with Crippen molar-refractivity contribution in [2.24, 2.45) is 0 Å². The fraction of sp³-hybridized carbons (Fsp3) is 0.421. The second-order valence-corrected chi connectivity index (χ2v) is 5.52. The fourth-order valence-corrected chi connectivity index (χ4v) is 2.43. The highest BCUT2D eigenvalue weighted by Crippen LogP contribution is 2.22. The maximum atomic E-state index is 12.2. The van der Waals surface area contributed by atoms with E-state index in [0.29, 0.717) is 6.42 Å². The van der Waals surface area contributed by atoms with Gasteiger partial charge in [0.15, 0.2) is 6.10 Å². The molecule has 1 amide bonds. The van der Waals surface area contributed by atoms with Gasteiger partial charge in [0.25, 0.3) is 5.91 Å². The van der Waals surface area contributed by atoms with Crippen LogP contribution in [0.5, 0.6) is 5.75 Å². The third-order valence-corrected chi connectivity index (χ3v) is 3.74. The van der Waals surface area contributed by atoms with E-state index in [1.165, 1.54) is 5.39 Å². The van der Waals surface area contributed by atoms with Crippen molar-refractivity contribution < 1.29 is 9.53 Å². The number of hydrogen-bond acceptors (Lipinski definition) is 2. The van der Waals surface area contributed by atoms with Gasteiger partial charge in [0.05, 0.1) is 0 Å². The van der Waals surface area contributed by atoms with E-state index >= 15 is 0 Å². The van der Waals surface area contributed by atoms with Crippen LogP contribution in [0.15, 0.2) is 42.5 Å². The van der Waals surface area contributed by atoms with Gasteiger partial charge in [-0.05, 0) is 35.7 Å². The molecule has 0 aromatic heterocycles. The summed E-state index contributed by atoms with van der Waals surface area (Å²) in [5.74, 6) is 0.723. The number of nitrogens with one attached hydrogen (secondary N) is 1. The molecule has 2 rings (SSSR count). The van der Waals surface area contributed by atoms with E-state index in [4.69, 9.17) is 4.74 Å². The molecule has 1 atom stereocenters. The van der Waals surface area contributed by atoms with E-state index in [0.717, 1.165) is 36.9 Å². The summed E-state index contributed by atoms with van der Waals surface area (Å²) in [5.41, 5.74) is 0. The summed E-state index contributed by atoms with van der Waals surface area (Å²) < 4.78 is 5.88. The van der Waals surface area contributed by atoms with E-state index in [1.807, 2.05) is 43.3 Å². The lowest BCUT2D eigenvalue weighted by Crippen LogP contribution is -2.38. The Bertz CT molecular complexity index is 609. The van der Waals surface area contributed by atoms with E-state index in [-0.39, 0.29) is 5.91 Å². The Morgan fingerprint density at radius 2 is 1.86 bits per heavy atom. The van der Waals surface area contributed by atoms with Gasteiger partial charge in [0.2, 0.25) is 0 Å². The molecule has 0 aliphatic rings. The van der Waals surface area contributed by atoms with Crippen LogP contribution in [-0.4, -0.2) is 18.6 Å². The maximum Gasteiger partial charge on any atom is 0.261 e. The standard InChI is InChI=1S/C19H25NO2/c1-3-5-8-13-20-19(21)18(4-2)22-17-12-11-15-9-6-7-10-16(15)14-17/h6-7,9-12,14,18H,3-5,8,13H2,1-2H3,(H,20,21)/t18-/m0/s1. The molecule has 0 unspecified atom stereocenters.